The summed E-state index contributed by atoms with van der Waals surface area (Å²) in [5, 5.41) is 8.69. The van der Waals surface area contributed by atoms with Gasteiger partial charge in [-0.2, -0.15) is 13.7 Å². The fourth-order valence-electron chi connectivity index (χ4n) is 1.55. The molecule has 0 aromatic heterocycles. The second-order valence-electron chi connectivity index (χ2n) is 3.82. The summed E-state index contributed by atoms with van der Waals surface area (Å²) in [7, 11) is -2.53. The Morgan fingerprint density at radius 2 is 1.60 bits per heavy atom. The molecule has 0 radical (unpaired) electrons. The lowest BCUT2D eigenvalue weighted by Gasteiger charge is -2.10. The average Bonchev–Trinajstić information content (AvgIpc) is 2.47. The molecule has 0 spiro atoms. The minimum atomic E-state index is -3.96. The molecule has 6 heteroatoms. The zero-order valence-corrected chi connectivity index (χ0v) is 11.4. The van der Waals surface area contributed by atoms with Gasteiger partial charge < -0.3 is 8.92 Å². The van der Waals surface area contributed by atoms with Crippen molar-refractivity contribution in [3.63, 3.8) is 0 Å². The van der Waals surface area contributed by atoms with Crippen molar-refractivity contribution >= 4 is 10.1 Å². The Morgan fingerprint density at radius 3 is 2.15 bits per heavy atom. The van der Waals surface area contributed by atoms with Gasteiger partial charge >= 0.3 is 10.1 Å². The van der Waals surface area contributed by atoms with Crippen molar-refractivity contribution < 1.29 is 17.3 Å². The van der Waals surface area contributed by atoms with Crippen molar-refractivity contribution in [3.05, 3.63) is 54.1 Å². The van der Waals surface area contributed by atoms with E-state index in [0.29, 0.717) is 11.3 Å². The van der Waals surface area contributed by atoms with Crippen molar-refractivity contribution in [1.82, 2.24) is 0 Å². The summed E-state index contributed by atoms with van der Waals surface area (Å²) >= 11 is 0. The van der Waals surface area contributed by atoms with Crippen molar-refractivity contribution in [2.24, 2.45) is 0 Å². The van der Waals surface area contributed by atoms with Crippen LogP contribution in [0.4, 0.5) is 0 Å². The molecule has 0 heterocycles. The SMILES string of the molecule is COc1ccccc1OS(=O)(=O)c1ccc(C#N)cc1. The van der Waals surface area contributed by atoms with Crippen molar-refractivity contribution in [2.45, 2.75) is 4.90 Å². The van der Waals surface area contributed by atoms with Crippen molar-refractivity contribution in [1.29, 1.82) is 5.26 Å². The third kappa shape index (κ3) is 2.90. The molecule has 0 saturated carbocycles. The normalized spacial score (nSPS) is 10.6. The van der Waals surface area contributed by atoms with Crippen LogP contribution in [0.15, 0.2) is 53.4 Å². The highest BCUT2D eigenvalue weighted by Crippen LogP contribution is 2.28. The Kier molecular flexibility index (Phi) is 3.91. The summed E-state index contributed by atoms with van der Waals surface area (Å²) in [4.78, 5) is -0.0255. The molecule has 102 valence electrons. The van der Waals surface area contributed by atoms with E-state index in [2.05, 4.69) is 0 Å². The maximum Gasteiger partial charge on any atom is 0.339 e. The van der Waals surface area contributed by atoms with Gasteiger partial charge in [0.05, 0.1) is 18.7 Å². The van der Waals surface area contributed by atoms with E-state index >= 15 is 0 Å². The van der Waals surface area contributed by atoms with Crippen LogP contribution in [0.1, 0.15) is 5.56 Å². The summed E-state index contributed by atoms with van der Waals surface area (Å²) < 4.78 is 34.3. The smallest absolute Gasteiger partial charge is 0.339 e. The van der Waals surface area contributed by atoms with Crippen LogP contribution in [-0.4, -0.2) is 15.5 Å². The Balaban J connectivity index is 2.33. The van der Waals surface area contributed by atoms with E-state index in [1.165, 1.54) is 37.4 Å². The molecule has 0 N–H and O–H groups in total. The Labute approximate surface area is 117 Å². The van der Waals surface area contributed by atoms with E-state index in [9.17, 15) is 8.42 Å². The zero-order valence-electron chi connectivity index (χ0n) is 10.6. The lowest BCUT2D eigenvalue weighted by Crippen LogP contribution is -2.10. The quantitative estimate of drug-likeness (QED) is 0.807. The Hall–Kier alpha value is -2.52. The number of methoxy groups -OCH3 is 1. The summed E-state index contributed by atoms with van der Waals surface area (Å²) in [5.41, 5.74) is 0.376. The maximum atomic E-state index is 12.1. The van der Waals surface area contributed by atoms with Gasteiger partial charge in [0.15, 0.2) is 11.5 Å². The number of nitrogens with zero attached hydrogens (tertiary/aromatic N) is 1. The molecule has 0 atom stereocenters. The minimum absolute atomic E-state index is 0.0255. The number of nitriles is 1. The molecule has 0 unspecified atom stereocenters. The molecule has 2 rings (SSSR count). The molecule has 0 aliphatic heterocycles. The van der Waals surface area contributed by atoms with Gasteiger partial charge in [0.1, 0.15) is 4.90 Å². The van der Waals surface area contributed by atoms with Crippen LogP contribution in [0.3, 0.4) is 0 Å². The number of ether oxygens (including phenoxy) is 1. The molecule has 0 aliphatic carbocycles. The van der Waals surface area contributed by atoms with Crippen LogP contribution < -0.4 is 8.92 Å². The summed E-state index contributed by atoms with van der Waals surface area (Å²) in [6.07, 6.45) is 0. The van der Waals surface area contributed by atoms with Gasteiger partial charge in [-0.15, -0.1) is 0 Å². The third-order valence-corrected chi connectivity index (χ3v) is 3.79. The number of para-hydroxylation sites is 2. The second-order valence-corrected chi connectivity index (χ2v) is 5.37. The van der Waals surface area contributed by atoms with E-state index in [4.69, 9.17) is 14.2 Å². The molecule has 5 nitrogen and oxygen atoms in total. The molecular formula is C14H11NO4S. The van der Waals surface area contributed by atoms with Gasteiger partial charge in [-0.05, 0) is 36.4 Å². The Morgan fingerprint density at radius 1 is 1.00 bits per heavy atom. The lowest BCUT2D eigenvalue weighted by atomic mass is 10.2. The summed E-state index contributed by atoms with van der Waals surface area (Å²) in [6, 6.07) is 13.8. The zero-order chi connectivity index (χ0) is 14.6. The monoisotopic (exact) mass is 289 g/mol. The molecular weight excluding hydrogens is 278 g/mol. The molecule has 0 bridgehead atoms. The van der Waals surface area contributed by atoms with Crippen molar-refractivity contribution in [2.75, 3.05) is 7.11 Å². The number of hydrogen-bond acceptors (Lipinski definition) is 5. The highest BCUT2D eigenvalue weighted by molar-refractivity contribution is 7.87. The van der Waals surface area contributed by atoms with E-state index in [1.54, 1.807) is 18.2 Å². The van der Waals surface area contributed by atoms with Crippen LogP contribution in [0.25, 0.3) is 0 Å². The first-order chi connectivity index (χ1) is 9.56. The van der Waals surface area contributed by atoms with E-state index < -0.39 is 10.1 Å². The topological polar surface area (TPSA) is 76.4 Å². The summed E-state index contributed by atoms with van der Waals surface area (Å²) in [5.74, 6) is 0.434. The molecule has 0 fully saturated rings. The highest BCUT2D eigenvalue weighted by Gasteiger charge is 2.18. The molecule has 0 saturated heterocycles. The van der Waals surface area contributed by atoms with Gasteiger partial charge in [-0.3, -0.25) is 0 Å². The first-order valence-corrected chi connectivity index (χ1v) is 7.05. The number of benzene rings is 2. The third-order valence-electron chi connectivity index (χ3n) is 2.54. The number of rotatable bonds is 4. The van der Waals surface area contributed by atoms with Crippen LogP contribution >= 0.6 is 0 Å². The minimum Gasteiger partial charge on any atom is -0.493 e. The van der Waals surface area contributed by atoms with E-state index in [0.717, 1.165) is 0 Å². The van der Waals surface area contributed by atoms with Crippen molar-refractivity contribution in [3.8, 4) is 17.6 Å². The maximum absolute atomic E-state index is 12.1. The average molecular weight is 289 g/mol. The van der Waals surface area contributed by atoms with Gasteiger partial charge in [0.25, 0.3) is 0 Å². The fourth-order valence-corrected chi connectivity index (χ4v) is 2.49. The van der Waals surface area contributed by atoms with Crippen LogP contribution in [-0.2, 0) is 10.1 Å². The second kappa shape index (κ2) is 5.63. The molecule has 2 aromatic carbocycles. The molecule has 0 aliphatic rings. The molecule has 2 aromatic rings. The van der Waals surface area contributed by atoms with Crippen LogP contribution in [0, 0.1) is 11.3 Å². The van der Waals surface area contributed by atoms with Crippen LogP contribution in [0.5, 0.6) is 11.5 Å². The predicted molar refractivity (Wildman–Crippen MR) is 72.0 cm³/mol. The predicted octanol–water partition coefficient (Wildman–Crippen LogP) is 2.33. The first kappa shape index (κ1) is 13.9. The lowest BCUT2D eigenvalue weighted by molar-refractivity contribution is 0.390. The van der Waals surface area contributed by atoms with Gasteiger partial charge in [0.2, 0.25) is 0 Å². The summed E-state index contributed by atoms with van der Waals surface area (Å²) in [6.45, 7) is 0. The van der Waals surface area contributed by atoms with E-state index in [1.807, 2.05) is 6.07 Å². The highest BCUT2D eigenvalue weighted by atomic mass is 32.2. The molecule has 20 heavy (non-hydrogen) atoms. The van der Waals surface area contributed by atoms with Gasteiger partial charge in [0, 0.05) is 0 Å². The van der Waals surface area contributed by atoms with Gasteiger partial charge in [-0.25, -0.2) is 0 Å². The fraction of sp³-hybridized carbons (Fsp3) is 0.0714. The van der Waals surface area contributed by atoms with Crippen LogP contribution in [0.2, 0.25) is 0 Å². The standard InChI is InChI=1S/C14H11NO4S/c1-18-13-4-2-3-5-14(13)19-20(16,17)12-8-6-11(10-15)7-9-12/h2-9H,1H3. The van der Waals surface area contributed by atoms with Gasteiger partial charge in [-0.1, -0.05) is 12.1 Å². The van der Waals surface area contributed by atoms with E-state index in [-0.39, 0.29) is 10.6 Å². The molecule has 0 amide bonds. The number of hydrogen-bond donors (Lipinski definition) is 0. The first-order valence-electron chi connectivity index (χ1n) is 5.64. The Bertz CT molecular complexity index is 745. The largest absolute Gasteiger partial charge is 0.493 e.